The van der Waals surface area contributed by atoms with Crippen LogP contribution in [0.2, 0.25) is 0 Å². The van der Waals surface area contributed by atoms with Crippen LogP contribution in [0.15, 0.2) is 24.3 Å². The number of rotatable bonds is 4. The maximum atomic E-state index is 13.0. The fourth-order valence-corrected chi connectivity index (χ4v) is 4.87. The fraction of sp³-hybridized carbons (Fsp3) is 0.619. The van der Waals surface area contributed by atoms with Gasteiger partial charge in [-0.2, -0.15) is 0 Å². The molecule has 0 aromatic heterocycles. The number of nitro groups is 1. The number of nitro benzene ring substituents is 1. The number of non-ortho nitro benzene ring substituents is 1. The Hall–Kier alpha value is -2.64. The molecular formula is C21H28N4O4. The third-order valence-electron chi connectivity index (χ3n) is 6.54. The molecule has 29 heavy (non-hydrogen) atoms. The van der Waals surface area contributed by atoms with Crippen LogP contribution in [0.4, 0.5) is 11.4 Å². The molecule has 2 heterocycles. The zero-order valence-electron chi connectivity index (χ0n) is 16.7. The van der Waals surface area contributed by atoms with Crippen LogP contribution in [-0.2, 0) is 9.59 Å². The molecule has 0 bridgehead atoms. The van der Waals surface area contributed by atoms with Crippen LogP contribution in [0.5, 0.6) is 0 Å². The zero-order valence-corrected chi connectivity index (χ0v) is 16.7. The van der Waals surface area contributed by atoms with E-state index >= 15 is 0 Å². The number of amides is 2. The summed E-state index contributed by atoms with van der Waals surface area (Å²) in [6.07, 6.45) is 6.09. The largest absolute Gasteiger partial charge is 0.368 e. The first-order chi connectivity index (χ1) is 14.0. The monoisotopic (exact) mass is 400 g/mol. The van der Waals surface area contributed by atoms with E-state index < -0.39 is 4.92 Å². The minimum absolute atomic E-state index is 0.0796. The molecule has 2 saturated heterocycles. The highest BCUT2D eigenvalue weighted by Crippen LogP contribution is 2.30. The van der Waals surface area contributed by atoms with Crippen molar-refractivity contribution in [2.24, 2.45) is 5.92 Å². The molecule has 1 saturated carbocycles. The summed E-state index contributed by atoms with van der Waals surface area (Å²) in [4.78, 5) is 41.9. The molecule has 8 nitrogen and oxygen atoms in total. The van der Waals surface area contributed by atoms with Gasteiger partial charge in [-0.3, -0.25) is 19.7 Å². The Kier molecular flexibility index (Phi) is 5.69. The van der Waals surface area contributed by atoms with E-state index in [1.807, 2.05) is 9.80 Å². The van der Waals surface area contributed by atoms with Gasteiger partial charge in [-0.25, -0.2) is 0 Å². The van der Waals surface area contributed by atoms with E-state index in [0.717, 1.165) is 18.5 Å². The van der Waals surface area contributed by atoms with E-state index in [-0.39, 0.29) is 23.4 Å². The maximum Gasteiger partial charge on any atom is 0.269 e. The first kappa shape index (κ1) is 19.7. The predicted molar refractivity (Wildman–Crippen MR) is 109 cm³/mol. The number of hydrogen-bond acceptors (Lipinski definition) is 5. The van der Waals surface area contributed by atoms with Crippen LogP contribution in [0, 0.1) is 16.0 Å². The van der Waals surface area contributed by atoms with E-state index in [2.05, 4.69) is 4.90 Å². The molecule has 0 unspecified atom stereocenters. The number of hydrogen-bond donors (Lipinski definition) is 0. The lowest BCUT2D eigenvalue weighted by Crippen LogP contribution is -2.50. The molecule has 2 aliphatic heterocycles. The average Bonchev–Trinajstić information content (AvgIpc) is 3.15. The van der Waals surface area contributed by atoms with E-state index in [1.165, 1.54) is 31.4 Å². The van der Waals surface area contributed by atoms with Gasteiger partial charge in [0.15, 0.2) is 0 Å². The summed E-state index contributed by atoms with van der Waals surface area (Å²) < 4.78 is 0. The quantitative estimate of drug-likeness (QED) is 0.572. The number of likely N-dealkylation sites (tertiary alicyclic amines) is 1. The standard InChI is InChI=1S/C21H28N4O4/c26-20-14-16(15-24(20)18-4-2-1-3-5-18)21(27)23-12-10-22(11-13-23)17-6-8-19(9-7-17)25(28)29/h6-9,16,18H,1-5,10-15H2/t16-/m1/s1. The summed E-state index contributed by atoms with van der Waals surface area (Å²) in [6.45, 7) is 3.19. The molecule has 0 N–H and O–H groups in total. The molecule has 0 spiro atoms. The number of carbonyl (C=O) groups is 2. The van der Waals surface area contributed by atoms with Gasteiger partial charge in [-0.1, -0.05) is 19.3 Å². The van der Waals surface area contributed by atoms with Crippen molar-refractivity contribution in [1.29, 1.82) is 0 Å². The third-order valence-corrected chi connectivity index (χ3v) is 6.54. The van der Waals surface area contributed by atoms with Crippen molar-refractivity contribution in [1.82, 2.24) is 9.80 Å². The molecule has 1 aromatic carbocycles. The third kappa shape index (κ3) is 4.21. The Morgan fingerprint density at radius 2 is 1.66 bits per heavy atom. The smallest absolute Gasteiger partial charge is 0.269 e. The van der Waals surface area contributed by atoms with Crippen molar-refractivity contribution in [3.05, 3.63) is 34.4 Å². The Bertz CT molecular complexity index is 767. The summed E-state index contributed by atoms with van der Waals surface area (Å²) in [5, 5.41) is 10.8. The molecule has 8 heteroatoms. The lowest BCUT2D eigenvalue weighted by atomic mass is 9.94. The number of piperazine rings is 1. The highest BCUT2D eigenvalue weighted by molar-refractivity contribution is 5.89. The molecular weight excluding hydrogens is 372 g/mol. The first-order valence-corrected chi connectivity index (χ1v) is 10.6. The zero-order chi connectivity index (χ0) is 20.4. The van der Waals surface area contributed by atoms with Gasteiger partial charge < -0.3 is 14.7 Å². The number of benzene rings is 1. The second kappa shape index (κ2) is 8.39. The van der Waals surface area contributed by atoms with Crippen molar-refractivity contribution in [3.63, 3.8) is 0 Å². The molecule has 4 rings (SSSR count). The fourth-order valence-electron chi connectivity index (χ4n) is 4.87. The lowest BCUT2D eigenvalue weighted by Gasteiger charge is -2.37. The van der Waals surface area contributed by atoms with Crippen molar-refractivity contribution in [3.8, 4) is 0 Å². The predicted octanol–water partition coefficient (Wildman–Crippen LogP) is 2.42. The van der Waals surface area contributed by atoms with Crippen molar-refractivity contribution < 1.29 is 14.5 Å². The van der Waals surface area contributed by atoms with Crippen LogP contribution in [-0.4, -0.2) is 65.3 Å². The Labute approximate surface area is 170 Å². The van der Waals surface area contributed by atoms with Gasteiger partial charge in [0.2, 0.25) is 11.8 Å². The number of nitrogens with zero attached hydrogens (tertiary/aromatic N) is 4. The molecule has 1 aliphatic carbocycles. The molecule has 1 atom stereocenters. The molecule has 156 valence electrons. The summed E-state index contributed by atoms with van der Waals surface area (Å²) >= 11 is 0. The topological polar surface area (TPSA) is 87.0 Å². The minimum atomic E-state index is -0.403. The van der Waals surface area contributed by atoms with Gasteiger partial charge in [0.25, 0.3) is 5.69 Å². The summed E-state index contributed by atoms with van der Waals surface area (Å²) in [5.41, 5.74) is 1.01. The van der Waals surface area contributed by atoms with Crippen LogP contribution in [0.25, 0.3) is 0 Å². The van der Waals surface area contributed by atoms with Gasteiger partial charge in [-0.05, 0) is 25.0 Å². The lowest BCUT2D eigenvalue weighted by molar-refractivity contribution is -0.384. The minimum Gasteiger partial charge on any atom is -0.368 e. The van der Waals surface area contributed by atoms with Gasteiger partial charge in [0.1, 0.15) is 0 Å². The number of anilines is 1. The van der Waals surface area contributed by atoms with Crippen LogP contribution in [0.1, 0.15) is 38.5 Å². The highest BCUT2D eigenvalue weighted by atomic mass is 16.6. The summed E-state index contributed by atoms with van der Waals surface area (Å²) in [7, 11) is 0. The second-order valence-corrected chi connectivity index (χ2v) is 8.32. The van der Waals surface area contributed by atoms with Gasteiger partial charge in [0.05, 0.1) is 10.8 Å². The Morgan fingerprint density at radius 1 is 1.00 bits per heavy atom. The van der Waals surface area contributed by atoms with Gasteiger partial charge in [-0.15, -0.1) is 0 Å². The van der Waals surface area contributed by atoms with Gasteiger partial charge >= 0.3 is 0 Å². The molecule has 3 aliphatic rings. The van der Waals surface area contributed by atoms with E-state index in [1.54, 1.807) is 12.1 Å². The second-order valence-electron chi connectivity index (χ2n) is 8.32. The molecule has 2 amide bonds. The van der Waals surface area contributed by atoms with E-state index in [0.29, 0.717) is 45.2 Å². The molecule has 0 radical (unpaired) electrons. The molecule has 1 aromatic rings. The average molecular weight is 400 g/mol. The van der Waals surface area contributed by atoms with Gasteiger partial charge in [0, 0.05) is 63.0 Å². The molecule has 3 fully saturated rings. The Morgan fingerprint density at radius 3 is 2.28 bits per heavy atom. The normalized spacial score (nSPS) is 23.5. The van der Waals surface area contributed by atoms with Crippen LogP contribution < -0.4 is 4.90 Å². The SMILES string of the molecule is O=C([C@@H]1CC(=O)N(C2CCCCC2)C1)N1CCN(c2ccc([N+](=O)[O-])cc2)CC1. The van der Waals surface area contributed by atoms with Crippen LogP contribution >= 0.6 is 0 Å². The van der Waals surface area contributed by atoms with E-state index in [4.69, 9.17) is 0 Å². The number of carbonyl (C=O) groups excluding carboxylic acids is 2. The highest BCUT2D eigenvalue weighted by Gasteiger charge is 2.40. The summed E-state index contributed by atoms with van der Waals surface area (Å²) in [5.74, 6) is 0.0233. The summed E-state index contributed by atoms with van der Waals surface area (Å²) in [6, 6.07) is 6.86. The first-order valence-electron chi connectivity index (χ1n) is 10.6. The van der Waals surface area contributed by atoms with E-state index in [9.17, 15) is 19.7 Å². The van der Waals surface area contributed by atoms with Crippen molar-refractivity contribution >= 4 is 23.2 Å². The Balaban J connectivity index is 1.31. The maximum absolute atomic E-state index is 13.0. The van der Waals surface area contributed by atoms with Crippen molar-refractivity contribution in [2.45, 2.75) is 44.6 Å². The van der Waals surface area contributed by atoms with Crippen molar-refractivity contribution in [2.75, 3.05) is 37.6 Å². The van der Waals surface area contributed by atoms with Crippen LogP contribution in [0.3, 0.4) is 0 Å².